The summed E-state index contributed by atoms with van der Waals surface area (Å²) in [6, 6.07) is -0.796. The lowest BCUT2D eigenvalue weighted by Crippen LogP contribution is -2.60. The standard InChI is InChI=1S/C17H32N4O3/c1-6-10-18-16(24)20-17(4,5)15(23)19-13(3)14(22)21-11-8-7-9-12(21)2/h12-13H,6-11H2,1-5H3,(H,19,23)(H2,18,20,24)/t12-,13+/m1/s1. The fraction of sp³-hybridized carbons (Fsp3) is 0.824. The van der Waals surface area contributed by atoms with Gasteiger partial charge in [0.1, 0.15) is 11.6 Å². The fourth-order valence-corrected chi connectivity index (χ4v) is 2.74. The molecule has 0 unspecified atom stereocenters. The minimum atomic E-state index is -1.10. The molecule has 4 amide bonds. The molecule has 1 aliphatic heterocycles. The maximum absolute atomic E-state index is 12.5. The molecule has 7 heteroatoms. The number of likely N-dealkylation sites (tertiary alicyclic amines) is 1. The van der Waals surface area contributed by atoms with Gasteiger partial charge in [0.05, 0.1) is 0 Å². The summed E-state index contributed by atoms with van der Waals surface area (Å²) in [5, 5.41) is 8.03. The van der Waals surface area contributed by atoms with Gasteiger partial charge in [-0.2, -0.15) is 0 Å². The van der Waals surface area contributed by atoms with E-state index in [0.717, 1.165) is 32.2 Å². The van der Waals surface area contributed by atoms with E-state index in [2.05, 4.69) is 16.0 Å². The molecule has 0 aliphatic carbocycles. The molecule has 1 fully saturated rings. The lowest BCUT2D eigenvalue weighted by molar-refractivity contribution is -0.139. The molecule has 138 valence electrons. The van der Waals surface area contributed by atoms with Crippen molar-refractivity contribution < 1.29 is 14.4 Å². The summed E-state index contributed by atoms with van der Waals surface area (Å²) in [7, 11) is 0. The maximum atomic E-state index is 12.5. The normalized spacial score (nSPS) is 19.4. The van der Waals surface area contributed by atoms with Crippen LogP contribution in [0.15, 0.2) is 0 Å². The number of rotatable bonds is 6. The first-order valence-corrected chi connectivity index (χ1v) is 8.86. The van der Waals surface area contributed by atoms with E-state index in [1.807, 2.05) is 18.7 Å². The van der Waals surface area contributed by atoms with Gasteiger partial charge in [0.25, 0.3) is 0 Å². The average molecular weight is 340 g/mol. The van der Waals surface area contributed by atoms with E-state index in [9.17, 15) is 14.4 Å². The van der Waals surface area contributed by atoms with Gasteiger partial charge in [-0.3, -0.25) is 9.59 Å². The van der Waals surface area contributed by atoms with Gasteiger partial charge in [-0.15, -0.1) is 0 Å². The second-order valence-electron chi connectivity index (χ2n) is 7.08. The van der Waals surface area contributed by atoms with Crippen molar-refractivity contribution in [3.05, 3.63) is 0 Å². The third-order valence-corrected chi connectivity index (χ3v) is 4.33. The van der Waals surface area contributed by atoms with Crippen LogP contribution >= 0.6 is 0 Å². The monoisotopic (exact) mass is 340 g/mol. The van der Waals surface area contributed by atoms with Crippen molar-refractivity contribution in [2.75, 3.05) is 13.1 Å². The Bertz CT molecular complexity index is 465. The Balaban J connectivity index is 2.57. The molecule has 0 spiro atoms. The summed E-state index contributed by atoms with van der Waals surface area (Å²) >= 11 is 0. The molecule has 0 aromatic carbocycles. The summed E-state index contributed by atoms with van der Waals surface area (Å²) < 4.78 is 0. The largest absolute Gasteiger partial charge is 0.343 e. The number of urea groups is 1. The Kier molecular flexibility index (Phi) is 7.51. The van der Waals surface area contributed by atoms with Gasteiger partial charge < -0.3 is 20.9 Å². The van der Waals surface area contributed by atoms with Gasteiger partial charge in [-0.1, -0.05) is 6.92 Å². The van der Waals surface area contributed by atoms with Crippen molar-refractivity contribution in [1.82, 2.24) is 20.9 Å². The van der Waals surface area contributed by atoms with Gasteiger partial charge >= 0.3 is 6.03 Å². The van der Waals surface area contributed by atoms with E-state index in [-0.39, 0.29) is 23.9 Å². The predicted octanol–water partition coefficient (Wildman–Crippen LogP) is 1.38. The predicted molar refractivity (Wildman–Crippen MR) is 93.5 cm³/mol. The summed E-state index contributed by atoms with van der Waals surface area (Å²) in [6.07, 6.45) is 3.95. The Hall–Kier alpha value is -1.79. The minimum absolute atomic E-state index is 0.0678. The number of carbonyl (C=O) groups is 3. The maximum Gasteiger partial charge on any atom is 0.315 e. The summed E-state index contributed by atoms with van der Waals surface area (Å²) in [5.74, 6) is -0.443. The number of carbonyl (C=O) groups excluding carboxylic acids is 3. The molecule has 24 heavy (non-hydrogen) atoms. The number of piperidine rings is 1. The number of nitrogens with one attached hydrogen (secondary N) is 3. The van der Waals surface area contributed by atoms with Gasteiger partial charge in [0.15, 0.2) is 0 Å². The smallest absolute Gasteiger partial charge is 0.315 e. The number of nitrogens with zero attached hydrogens (tertiary/aromatic N) is 1. The minimum Gasteiger partial charge on any atom is -0.343 e. The van der Waals surface area contributed by atoms with Crippen LogP contribution in [-0.2, 0) is 9.59 Å². The summed E-state index contributed by atoms with van der Waals surface area (Å²) in [4.78, 5) is 38.6. The topological polar surface area (TPSA) is 90.5 Å². The first-order chi connectivity index (χ1) is 11.2. The Labute approximate surface area is 144 Å². The highest BCUT2D eigenvalue weighted by molar-refractivity contribution is 5.94. The van der Waals surface area contributed by atoms with Crippen molar-refractivity contribution in [2.24, 2.45) is 0 Å². The second kappa shape index (κ2) is 8.89. The molecule has 0 aromatic rings. The highest BCUT2D eigenvalue weighted by atomic mass is 16.2. The first kappa shape index (κ1) is 20.3. The molecule has 1 heterocycles. The molecule has 1 aliphatic rings. The zero-order valence-corrected chi connectivity index (χ0v) is 15.6. The highest BCUT2D eigenvalue weighted by Gasteiger charge is 2.33. The second-order valence-corrected chi connectivity index (χ2v) is 7.08. The Morgan fingerprint density at radius 2 is 1.92 bits per heavy atom. The van der Waals surface area contributed by atoms with Crippen LogP contribution in [0.25, 0.3) is 0 Å². The lowest BCUT2D eigenvalue weighted by atomic mass is 10.0. The van der Waals surface area contributed by atoms with Gasteiger partial charge in [-0.25, -0.2) is 4.79 Å². The van der Waals surface area contributed by atoms with Crippen molar-refractivity contribution >= 4 is 17.8 Å². The quantitative estimate of drug-likeness (QED) is 0.682. The van der Waals surface area contributed by atoms with E-state index < -0.39 is 11.6 Å². The molecule has 2 atom stereocenters. The van der Waals surface area contributed by atoms with Gasteiger partial charge in [0, 0.05) is 19.1 Å². The van der Waals surface area contributed by atoms with E-state index in [0.29, 0.717) is 6.54 Å². The summed E-state index contributed by atoms with van der Waals surface area (Å²) in [5.41, 5.74) is -1.10. The summed E-state index contributed by atoms with van der Waals surface area (Å²) in [6.45, 7) is 10.2. The van der Waals surface area contributed by atoms with Crippen LogP contribution in [-0.4, -0.2) is 53.5 Å². The molecular weight excluding hydrogens is 308 g/mol. The van der Waals surface area contributed by atoms with Crippen LogP contribution < -0.4 is 16.0 Å². The zero-order valence-electron chi connectivity index (χ0n) is 15.6. The lowest BCUT2D eigenvalue weighted by Gasteiger charge is -2.36. The molecule has 0 saturated carbocycles. The molecule has 1 rings (SSSR count). The Morgan fingerprint density at radius 1 is 1.25 bits per heavy atom. The molecule has 3 N–H and O–H groups in total. The van der Waals surface area contributed by atoms with Crippen LogP contribution in [0, 0.1) is 0 Å². The molecule has 1 saturated heterocycles. The molecule has 7 nitrogen and oxygen atoms in total. The number of amides is 4. The van der Waals surface area contributed by atoms with Crippen molar-refractivity contribution in [3.63, 3.8) is 0 Å². The van der Waals surface area contributed by atoms with E-state index in [1.165, 1.54) is 0 Å². The Morgan fingerprint density at radius 3 is 2.50 bits per heavy atom. The molecular formula is C17H32N4O3. The van der Waals surface area contributed by atoms with E-state index >= 15 is 0 Å². The molecule has 0 bridgehead atoms. The highest BCUT2D eigenvalue weighted by Crippen LogP contribution is 2.17. The van der Waals surface area contributed by atoms with Crippen LogP contribution in [0.5, 0.6) is 0 Å². The average Bonchev–Trinajstić information content (AvgIpc) is 2.52. The number of hydrogen-bond acceptors (Lipinski definition) is 3. The van der Waals surface area contributed by atoms with Crippen LogP contribution in [0.3, 0.4) is 0 Å². The zero-order chi connectivity index (χ0) is 18.3. The first-order valence-electron chi connectivity index (χ1n) is 8.86. The van der Waals surface area contributed by atoms with Gasteiger partial charge in [0.2, 0.25) is 11.8 Å². The van der Waals surface area contributed by atoms with Crippen molar-refractivity contribution in [2.45, 2.75) is 77.9 Å². The van der Waals surface area contributed by atoms with E-state index in [1.54, 1.807) is 20.8 Å². The van der Waals surface area contributed by atoms with E-state index in [4.69, 9.17) is 0 Å². The third kappa shape index (κ3) is 5.69. The van der Waals surface area contributed by atoms with Crippen LogP contribution in [0.4, 0.5) is 4.79 Å². The fourth-order valence-electron chi connectivity index (χ4n) is 2.74. The van der Waals surface area contributed by atoms with Gasteiger partial charge in [-0.05, 0) is 53.4 Å². The molecule has 0 radical (unpaired) electrons. The van der Waals surface area contributed by atoms with Crippen molar-refractivity contribution in [3.8, 4) is 0 Å². The third-order valence-electron chi connectivity index (χ3n) is 4.33. The van der Waals surface area contributed by atoms with Crippen LogP contribution in [0.1, 0.15) is 60.3 Å². The van der Waals surface area contributed by atoms with Crippen LogP contribution in [0.2, 0.25) is 0 Å². The number of hydrogen-bond donors (Lipinski definition) is 3. The SMILES string of the molecule is CCCNC(=O)NC(C)(C)C(=O)N[C@@H](C)C(=O)N1CCCC[C@H]1C. The molecule has 0 aromatic heterocycles. The van der Waals surface area contributed by atoms with Crippen molar-refractivity contribution in [1.29, 1.82) is 0 Å².